The molecule has 1 saturated carbocycles. The minimum absolute atomic E-state index is 0.314. The standard InChI is InChI=1S/C10H9ClN2O/c11-6-1-2-7-8(5-6)14-9(13-7)10(12)3-4-10/h1-2,5H,3-4,12H2. The highest BCUT2D eigenvalue weighted by Crippen LogP contribution is 2.43. The molecule has 2 aromatic rings. The Bertz CT molecular complexity index is 502. The van der Waals surface area contributed by atoms with Gasteiger partial charge in [-0.1, -0.05) is 11.6 Å². The van der Waals surface area contributed by atoms with Crippen LogP contribution in [0.2, 0.25) is 5.02 Å². The van der Waals surface area contributed by atoms with Crippen molar-refractivity contribution in [1.82, 2.24) is 4.98 Å². The van der Waals surface area contributed by atoms with Gasteiger partial charge < -0.3 is 10.2 Å². The predicted molar refractivity (Wildman–Crippen MR) is 54.1 cm³/mol. The van der Waals surface area contributed by atoms with Gasteiger partial charge in [-0.2, -0.15) is 0 Å². The van der Waals surface area contributed by atoms with Crippen molar-refractivity contribution in [3.8, 4) is 0 Å². The Balaban J connectivity index is 2.20. The number of nitrogens with two attached hydrogens (primary N) is 1. The van der Waals surface area contributed by atoms with Crippen LogP contribution in [0.4, 0.5) is 0 Å². The number of halogens is 1. The third-order valence-corrected chi connectivity index (χ3v) is 2.80. The van der Waals surface area contributed by atoms with E-state index in [1.54, 1.807) is 12.1 Å². The van der Waals surface area contributed by atoms with Crippen LogP contribution in [0.5, 0.6) is 0 Å². The molecular weight excluding hydrogens is 200 g/mol. The molecule has 3 rings (SSSR count). The van der Waals surface area contributed by atoms with Crippen LogP contribution < -0.4 is 5.73 Å². The fraction of sp³-hybridized carbons (Fsp3) is 0.300. The Morgan fingerprint density at radius 3 is 2.93 bits per heavy atom. The first-order valence-corrected chi connectivity index (χ1v) is 4.91. The van der Waals surface area contributed by atoms with E-state index in [9.17, 15) is 0 Å². The third kappa shape index (κ3) is 1.13. The third-order valence-electron chi connectivity index (χ3n) is 2.57. The first kappa shape index (κ1) is 8.26. The largest absolute Gasteiger partial charge is 0.439 e. The highest BCUT2D eigenvalue weighted by Gasteiger charge is 2.44. The van der Waals surface area contributed by atoms with Crippen LogP contribution in [0, 0.1) is 0 Å². The lowest BCUT2D eigenvalue weighted by Crippen LogP contribution is -2.18. The summed E-state index contributed by atoms with van der Waals surface area (Å²) in [6.45, 7) is 0. The lowest BCUT2D eigenvalue weighted by Gasteiger charge is -1.99. The number of rotatable bonds is 1. The van der Waals surface area contributed by atoms with Crippen molar-refractivity contribution in [2.75, 3.05) is 0 Å². The molecule has 14 heavy (non-hydrogen) atoms. The van der Waals surface area contributed by atoms with Gasteiger partial charge in [-0.05, 0) is 25.0 Å². The van der Waals surface area contributed by atoms with Gasteiger partial charge in [-0.3, -0.25) is 0 Å². The molecule has 0 amide bonds. The predicted octanol–water partition coefficient (Wildman–Crippen LogP) is 2.43. The van der Waals surface area contributed by atoms with E-state index in [0.29, 0.717) is 16.5 Å². The molecule has 0 unspecified atom stereocenters. The fourth-order valence-electron chi connectivity index (χ4n) is 1.46. The summed E-state index contributed by atoms with van der Waals surface area (Å²) in [6, 6.07) is 5.40. The zero-order valence-electron chi connectivity index (χ0n) is 7.46. The van der Waals surface area contributed by atoms with Crippen LogP contribution in [-0.2, 0) is 5.54 Å². The van der Waals surface area contributed by atoms with Gasteiger partial charge in [0.2, 0.25) is 5.89 Å². The van der Waals surface area contributed by atoms with Crippen LogP contribution in [-0.4, -0.2) is 4.98 Å². The van der Waals surface area contributed by atoms with Crippen molar-refractivity contribution in [3.05, 3.63) is 29.1 Å². The molecule has 0 saturated heterocycles. The molecule has 0 atom stereocenters. The molecule has 1 fully saturated rings. The number of oxazole rings is 1. The van der Waals surface area contributed by atoms with E-state index in [4.69, 9.17) is 21.8 Å². The number of hydrogen-bond acceptors (Lipinski definition) is 3. The monoisotopic (exact) mass is 208 g/mol. The maximum atomic E-state index is 5.98. The van der Waals surface area contributed by atoms with Crippen LogP contribution in [0.15, 0.2) is 22.6 Å². The lowest BCUT2D eigenvalue weighted by molar-refractivity contribution is 0.465. The van der Waals surface area contributed by atoms with Gasteiger partial charge >= 0.3 is 0 Å². The van der Waals surface area contributed by atoms with Gasteiger partial charge in [0, 0.05) is 11.1 Å². The van der Waals surface area contributed by atoms with Gasteiger partial charge in [0.15, 0.2) is 5.58 Å². The first-order chi connectivity index (χ1) is 6.67. The molecule has 1 heterocycles. The molecule has 1 aromatic heterocycles. The summed E-state index contributed by atoms with van der Waals surface area (Å²) in [5.74, 6) is 0.634. The molecule has 0 spiro atoms. The maximum Gasteiger partial charge on any atom is 0.215 e. The summed E-state index contributed by atoms with van der Waals surface area (Å²) in [6.07, 6.45) is 1.90. The Labute approximate surface area is 85.9 Å². The Morgan fingerprint density at radius 1 is 1.43 bits per heavy atom. The zero-order chi connectivity index (χ0) is 9.76. The van der Waals surface area contributed by atoms with Gasteiger partial charge in [-0.15, -0.1) is 0 Å². The molecular formula is C10H9ClN2O. The van der Waals surface area contributed by atoms with E-state index in [0.717, 1.165) is 18.4 Å². The Hall–Kier alpha value is -1.06. The van der Waals surface area contributed by atoms with Crippen LogP contribution in [0.3, 0.4) is 0 Å². The van der Waals surface area contributed by atoms with Crippen molar-refractivity contribution >= 4 is 22.7 Å². The first-order valence-electron chi connectivity index (χ1n) is 4.53. The SMILES string of the molecule is NC1(c2nc3ccc(Cl)cc3o2)CC1. The van der Waals surface area contributed by atoms with Gasteiger partial charge in [-0.25, -0.2) is 4.98 Å². The summed E-state index contributed by atoms with van der Waals surface area (Å²) in [7, 11) is 0. The number of benzene rings is 1. The van der Waals surface area contributed by atoms with Crippen molar-refractivity contribution in [2.45, 2.75) is 18.4 Å². The molecule has 4 heteroatoms. The average molecular weight is 209 g/mol. The molecule has 1 aromatic carbocycles. The van der Waals surface area contributed by atoms with Gasteiger partial charge in [0.25, 0.3) is 0 Å². The quantitative estimate of drug-likeness (QED) is 0.783. The van der Waals surface area contributed by atoms with Crippen LogP contribution in [0.1, 0.15) is 18.7 Å². The van der Waals surface area contributed by atoms with E-state index in [-0.39, 0.29) is 5.54 Å². The zero-order valence-corrected chi connectivity index (χ0v) is 8.21. The van der Waals surface area contributed by atoms with Crippen LogP contribution >= 0.6 is 11.6 Å². The van der Waals surface area contributed by atoms with E-state index < -0.39 is 0 Å². The molecule has 0 radical (unpaired) electrons. The highest BCUT2D eigenvalue weighted by molar-refractivity contribution is 6.31. The minimum Gasteiger partial charge on any atom is -0.439 e. The molecule has 0 bridgehead atoms. The summed E-state index contributed by atoms with van der Waals surface area (Å²) in [5, 5.41) is 0.655. The molecule has 72 valence electrons. The molecule has 2 N–H and O–H groups in total. The van der Waals surface area contributed by atoms with E-state index >= 15 is 0 Å². The second kappa shape index (κ2) is 2.49. The van der Waals surface area contributed by atoms with E-state index in [1.807, 2.05) is 6.07 Å². The number of fused-ring (bicyclic) bond motifs is 1. The summed E-state index contributed by atoms with van der Waals surface area (Å²) >= 11 is 5.84. The van der Waals surface area contributed by atoms with E-state index in [1.165, 1.54) is 0 Å². The topological polar surface area (TPSA) is 52.0 Å². The highest BCUT2D eigenvalue weighted by atomic mass is 35.5. The number of aromatic nitrogens is 1. The smallest absolute Gasteiger partial charge is 0.215 e. The molecule has 0 aliphatic heterocycles. The Kier molecular flexibility index (Phi) is 1.47. The van der Waals surface area contributed by atoms with Gasteiger partial charge in [0.1, 0.15) is 5.52 Å². The van der Waals surface area contributed by atoms with Crippen molar-refractivity contribution in [2.24, 2.45) is 5.73 Å². The van der Waals surface area contributed by atoms with Crippen molar-refractivity contribution < 1.29 is 4.42 Å². The number of nitrogens with zero attached hydrogens (tertiary/aromatic N) is 1. The van der Waals surface area contributed by atoms with Crippen LogP contribution in [0.25, 0.3) is 11.1 Å². The van der Waals surface area contributed by atoms with E-state index in [2.05, 4.69) is 4.98 Å². The maximum absolute atomic E-state index is 5.98. The van der Waals surface area contributed by atoms with Gasteiger partial charge in [0.05, 0.1) is 5.54 Å². The summed E-state index contributed by atoms with van der Waals surface area (Å²) < 4.78 is 5.56. The molecule has 1 aliphatic rings. The summed E-state index contributed by atoms with van der Waals surface area (Å²) in [4.78, 5) is 4.34. The minimum atomic E-state index is -0.314. The molecule has 3 nitrogen and oxygen atoms in total. The van der Waals surface area contributed by atoms with Crippen molar-refractivity contribution in [3.63, 3.8) is 0 Å². The molecule has 1 aliphatic carbocycles. The summed E-state index contributed by atoms with van der Waals surface area (Å²) in [5.41, 5.74) is 7.20. The lowest BCUT2D eigenvalue weighted by atomic mass is 10.3. The fourth-order valence-corrected chi connectivity index (χ4v) is 1.62. The Morgan fingerprint density at radius 2 is 2.21 bits per heavy atom. The second-order valence-corrected chi connectivity index (χ2v) is 4.22. The normalized spacial score (nSPS) is 18.7. The van der Waals surface area contributed by atoms with Crippen molar-refractivity contribution in [1.29, 1.82) is 0 Å². The average Bonchev–Trinajstić information content (AvgIpc) is 2.77. The second-order valence-electron chi connectivity index (χ2n) is 3.79. The number of hydrogen-bond donors (Lipinski definition) is 1.